The van der Waals surface area contributed by atoms with Crippen LogP contribution in [0.5, 0.6) is 0 Å². The van der Waals surface area contributed by atoms with Crippen LogP contribution in [0.2, 0.25) is 0 Å². The summed E-state index contributed by atoms with van der Waals surface area (Å²) in [6.07, 6.45) is 8.00. The standard InChI is InChI=1S/C19H35N3O3S/c1-19(2)8-5-16(6-9-19)22-18(21-13-17-4-3-10-25-17)20-12-15-7-11-26(23,24)14-15/h15-17H,3-14H2,1-2H3,(H2,20,21,22). The third kappa shape index (κ3) is 6.12. The Kier molecular flexibility index (Phi) is 6.49. The second kappa shape index (κ2) is 8.46. The van der Waals surface area contributed by atoms with Crippen molar-refractivity contribution in [2.75, 3.05) is 31.2 Å². The Balaban J connectivity index is 1.54. The van der Waals surface area contributed by atoms with E-state index in [1.54, 1.807) is 0 Å². The van der Waals surface area contributed by atoms with Gasteiger partial charge < -0.3 is 15.4 Å². The molecule has 26 heavy (non-hydrogen) atoms. The Morgan fingerprint density at radius 1 is 1.19 bits per heavy atom. The second-order valence-corrected chi connectivity index (χ2v) is 11.3. The zero-order valence-corrected chi connectivity index (χ0v) is 17.1. The summed E-state index contributed by atoms with van der Waals surface area (Å²) in [5, 5.41) is 7.04. The van der Waals surface area contributed by atoms with Crippen molar-refractivity contribution in [1.29, 1.82) is 0 Å². The Labute approximate surface area is 158 Å². The summed E-state index contributed by atoms with van der Waals surface area (Å²) in [7, 11) is -2.84. The van der Waals surface area contributed by atoms with Gasteiger partial charge in [-0.1, -0.05) is 13.8 Å². The molecule has 0 aromatic heterocycles. The predicted octanol–water partition coefficient (Wildman–Crippen LogP) is 2.10. The Bertz CT molecular complexity index is 587. The molecule has 1 saturated carbocycles. The highest BCUT2D eigenvalue weighted by atomic mass is 32.2. The molecule has 2 saturated heterocycles. The summed E-state index contributed by atoms with van der Waals surface area (Å²) in [6.45, 7) is 6.89. The molecule has 0 aromatic carbocycles. The molecule has 3 aliphatic rings. The molecular formula is C19H35N3O3S. The van der Waals surface area contributed by atoms with E-state index in [1.807, 2.05) is 0 Å². The molecule has 1 aliphatic carbocycles. The van der Waals surface area contributed by atoms with Gasteiger partial charge in [0.25, 0.3) is 0 Å². The predicted molar refractivity (Wildman–Crippen MR) is 105 cm³/mol. The topological polar surface area (TPSA) is 79.8 Å². The van der Waals surface area contributed by atoms with Crippen LogP contribution in [0.25, 0.3) is 0 Å². The monoisotopic (exact) mass is 385 g/mol. The number of hydrogen-bond acceptors (Lipinski definition) is 4. The van der Waals surface area contributed by atoms with E-state index < -0.39 is 9.84 Å². The molecule has 2 heterocycles. The molecule has 2 atom stereocenters. The molecule has 150 valence electrons. The Hall–Kier alpha value is -0.820. The number of hydrogen-bond donors (Lipinski definition) is 2. The maximum Gasteiger partial charge on any atom is 0.191 e. The van der Waals surface area contributed by atoms with Crippen molar-refractivity contribution < 1.29 is 13.2 Å². The molecule has 0 aromatic rings. The van der Waals surface area contributed by atoms with Crippen molar-refractivity contribution >= 4 is 15.8 Å². The first-order valence-electron chi connectivity index (χ1n) is 10.2. The third-order valence-corrected chi connectivity index (χ3v) is 7.87. The minimum absolute atomic E-state index is 0.159. The Morgan fingerprint density at radius 2 is 1.96 bits per heavy atom. The molecular weight excluding hydrogens is 350 g/mol. The second-order valence-electron chi connectivity index (χ2n) is 9.06. The molecule has 0 amide bonds. The van der Waals surface area contributed by atoms with Gasteiger partial charge in [-0.15, -0.1) is 0 Å². The first-order valence-corrected chi connectivity index (χ1v) is 12.0. The van der Waals surface area contributed by atoms with Crippen molar-refractivity contribution in [3.63, 3.8) is 0 Å². The maximum atomic E-state index is 11.7. The largest absolute Gasteiger partial charge is 0.376 e. The number of aliphatic imine (C=N–C) groups is 1. The molecule has 0 radical (unpaired) electrons. The van der Waals surface area contributed by atoms with E-state index in [-0.39, 0.29) is 17.8 Å². The van der Waals surface area contributed by atoms with E-state index >= 15 is 0 Å². The van der Waals surface area contributed by atoms with Gasteiger partial charge in [0.1, 0.15) is 0 Å². The van der Waals surface area contributed by atoms with Crippen molar-refractivity contribution in [3.8, 4) is 0 Å². The highest BCUT2D eigenvalue weighted by Crippen LogP contribution is 2.35. The van der Waals surface area contributed by atoms with Gasteiger partial charge in [-0.3, -0.25) is 4.99 Å². The fourth-order valence-electron chi connectivity index (χ4n) is 4.14. The first kappa shape index (κ1) is 19.9. The molecule has 0 spiro atoms. The van der Waals surface area contributed by atoms with Gasteiger partial charge in [0.2, 0.25) is 0 Å². The molecule has 2 aliphatic heterocycles. The van der Waals surface area contributed by atoms with E-state index in [0.717, 1.165) is 51.2 Å². The van der Waals surface area contributed by atoms with Crippen LogP contribution >= 0.6 is 0 Å². The fraction of sp³-hybridized carbons (Fsp3) is 0.947. The smallest absolute Gasteiger partial charge is 0.191 e. The molecule has 0 bridgehead atoms. The quantitative estimate of drug-likeness (QED) is 0.560. The van der Waals surface area contributed by atoms with E-state index in [4.69, 9.17) is 9.73 Å². The van der Waals surface area contributed by atoms with E-state index in [0.29, 0.717) is 23.8 Å². The molecule has 2 N–H and O–H groups in total. The van der Waals surface area contributed by atoms with Gasteiger partial charge >= 0.3 is 0 Å². The lowest BCUT2D eigenvalue weighted by atomic mass is 9.75. The van der Waals surface area contributed by atoms with Crippen LogP contribution in [0.15, 0.2) is 4.99 Å². The number of rotatable bonds is 5. The zero-order valence-electron chi connectivity index (χ0n) is 16.3. The average molecular weight is 386 g/mol. The van der Waals surface area contributed by atoms with Gasteiger partial charge in [-0.25, -0.2) is 8.42 Å². The van der Waals surface area contributed by atoms with Crippen molar-refractivity contribution in [2.45, 2.75) is 70.9 Å². The van der Waals surface area contributed by atoms with Gasteiger partial charge in [0, 0.05) is 25.7 Å². The van der Waals surface area contributed by atoms with Crippen molar-refractivity contribution in [1.82, 2.24) is 10.6 Å². The molecule has 2 unspecified atom stereocenters. The van der Waals surface area contributed by atoms with Crippen molar-refractivity contribution in [2.24, 2.45) is 16.3 Å². The minimum atomic E-state index is -2.84. The number of nitrogens with one attached hydrogen (secondary N) is 2. The molecule has 6 nitrogen and oxygen atoms in total. The summed E-state index contributed by atoms with van der Waals surface area (Å²) in [6, 6.07) is 0.450. The van der Waals surface area contributed by atoms with Gasteiger partial charge in [0.05, 0.1) is 17.6 Å². The minimum Gasteiger partial charge on any atom is -0.376 e. The van der Waals surface area contributed by atoms with Crippen LogP contribution in [0, 0.1) is 11.3 Å². The molecule has 3 fully saturated rings. The van der Waals surface area contributed by atoms with E-state index in [2.05, 4.69) is 24.5 Å². The van der Waals surface area contributed by atoms with Gasteiger partial charge in [-0.05, 0) is 56.3 Å². The third-order valence-electron chi connectivity index (χ3n) is 6.04. The fourth-order valence-corrected chi connectivity index (χ4v) is 5.99. The van der Waals surface area contributed by atoms with Crippen LogP contribution < -0.4 is 10.6 Å². The summed E-state index contributed by atoms with van der Waals surface area (Å²) < 4.78 is 29.0. The lowest BCUT2D eigenvalue weighted by Gasteiger charge is -2.35. The van der Waals surface area contributed by atoms with Crippen LogP contribution in [0.1, 0.15) is 58.8 Å². The number of sulfone groups is 1. The number of guanidine groups is 1. The van der Waals surface area contributed by atoms with E-state index in [9.17, 15) is 8.42 Å². The van der Waals surface area contributed by atoms with Crippen LogP contribution in [0.3, 0.4) is 0 Å². The lowest BCUT2D eigenvalue weighted by Crippen LogP contribution is -2.47. The zero-order chi connectivity index (χ0) is 18.6. The number of nitrogens with zero attached hydrogens (tertiary/aromatic N) is 1. The SMILES string of the molecule is CC1(C)CCC(NC(=NCC2CCS(=O)(=O)C2)NCC2CCCO2)CC1. The normalized spacial score (nSPS) is 31.8. The van der Waals surface area contributed by atoms with Crippen molar-refractivity contribution in [3.05, 3.63) is 0 Å². The number of ether oxygens (including phenoxy) is 1. The first-order chi connectivity index (χ1) is 12.3. The van der Waals surface area contributed by atoms with Crippen LogP contribution in [-0.4, -0.2) is 57.7 Å². The summed E-state index contributed by atoms with van der Waals surface area (Å²) in [5.41, 5.74) is 0.443. The molecule has 3 rings (SSSR count). The summed E-state index contributed by atoms with van der Waals surface area (Å²) in [5.74, 6) is 1.59. The average Bonchev–Trinajstić information content (AvgIpc) is 3.21. The maximum absolute atomic E-state index is 11.7. The molecule has 7 heteroatoms. The van der Waals surface area contributed by atoms with Gasteiger partial charge in [-0.2, -0.15) is 0 Å². The van der Waals surface area contributed by atoms with Crippen LogP contribution in [-0.2, 0) is 14.6 Å². The van der Waals surface area contributed by atoms with Crippen LogP contribution in [0.4, 0.5) is 0 Å². The highest BCUT2D eigenvalue weighted by Gasteiger charge is 2.29. The lowest BCUT2D eigenvalue weighted by molar-refractivity contribution is 0.113. The van der Waals surface area contributed by atoms with E-state index in [1.165, 1.54) is 12.8 Å². The Morgan fingerprint density at radius 3 is 2.58 bits per heavy atom. The summed E-state index contributed by atoms with van der Waals surface area (Å²) >= 11 is 0. The van der Waals surface area contributed by atoms with Gasteiger partial charge in [0.15, 0.2) is 15.8 Å². The summed E-state index contributed by atoms with van der Waals surface area (Å²) in [4.78, 5) is 4.74. The highest BCUT2D eigenvalue weighted by molar-refractivity contribution is 7.91.